The molecular weight excluding hydrogens is 218 g/mol. The topological polar surface area (TPSA) is 81.2 Å². The first kappa shape index (κ1) is 13.3. The van der Waals surface area contributed by atoms with E-state index in [0.717, 1.165) is 18.7 Å². The Morgan fingerprint density at radius 2 is 2.06 bits per heavy atom. The summed E-state index contributed by atoms with van der Waals surface area (Å²) in [5, 5.41) is 13.8. The SMILES string of the molecule is CC(C)(C)CCNc1ccc([N+](=O)[O-])c(N)c1. The Labute approximate surface area is 101 Å². The van der Waals surface area contributed by atoms with Gasteiger partial charge in [-0.15, -0.1) is 0 Å². The predicted octanol–water partition coefficient (Wildman–Crippen LogP) is 3.03. The van der Waals surface area contributed by atoms with Gasteiger partial charge in [0.15, 0.2) is 0 Å². The van der Waals surface area contributed by atoms with Crippen molar-refractivity contribution in [2.24, 2.45) is 5.41 Å². The summed E-state index contributed by atoms with van der Waals surface area (Å²) in [6.07, 6.45) is 1.02. The molecule has 0 aliphatic heterocycles. The molecule has 3 N–H and O–H groups in total. The molecule has 0 radical (unpaired) electrons. The number of anilines is 2. The van der Waals surface area contributed by atoms with E-state index >= 15 is 0 Å². The third-order valence-corrected chi connectivity index (χ3v) is 2.43. The molecule has 0 saturated carbocycles. The molecule has 0 bridgehead atoms. The molecule has 0 aliphatic rings. The zero-order valence-electron chi connectivity index (χ0n) is 10.5. The lowest BCUT2D eigenvalue weighted by Crippen LogP contribution is -2.12. The average molecular weight is 237 g/mol. The summed E-state index contributed by atoms with van der Waals surface area (Å²) in [6.45, 7) is 7.32. The van der Waals surface area contributed by atoms with Crippen LogP contribution in [0.4, 0.5) is 17.1 Å². The van der Waals surface area contributed by atoms with Crippen LogP contribution in [0.1, 0.15) is 27.2 Å². The van der Waals surface area contributed by atoms with Crippen LogP contribution in [-0.2, 0) is 0 Å². The molecule has 17 heavy (non-hydrogen) atoms. The summed E-state index contributed by atoms with van der Waals surface area (Å²) >= 11 is 0. The van der Waals surface area contributed by atoms with Crippen LogP contribution in [0.15, 0.2) is 18.2 Å². The minimum atomic E-state index is -0.478. The molecule has 0 unspecified atom stereocenters. The van der Waals surface area contributed by atoms with E-state index in [1.807, 2.05) is 0 Å². The zero-order valence-corrected chi connectivity index (χ0v) is 10.5. The molecule has 1 aromatic rings. The molecule has 0 fully saturated rings. The standard InChI is InChI=1S/C12H19N3O2/c1-12(2,3)6-7-14-9-4-5-11(15(16)17)10(13)8-9/h4-5,8,14H,6-7,13H2,1-3H3. The van der Waals surface area contributed by atoms with E-state index in [1.54, 1.807) is 12.1 Å². The van der Waals surface area contributed by atoms with Crippen molar-refractivity contribution < 1.29 is 4.92 Å². The molecular formula is C12H19N3O2. The Hall–Kier alpha value is -1.78. The molecule has 0 amide bonds. The van der Waals surface area contributed by atoms with Crippen LogP contribution in [0, 0.1) is 15.5 Å². The van der Waals surface area contributed by atoms with Gasteiger partial charge >= 0.3 is 0 Å². The highest BCUT2D eigenvalue weighted by atomic mass is 16.6. The van der Waals surface area contributed by atoms with Gasteiger partial charge in [0.05, 0.1) is 4.92 Å². The Kier molecular flexibility index (Phi) is 3.93. The van der Waals surface area contributed by atoms with E-state index in [-0.39, 0.29) is 16.8 Å². The van der Waals surface area contributed by atoms with Gasteiger partial charge in [-0.25, -0.2) is 0 Å². The van der Waals surface area contributed by atoms with Crippen molar-refractivity contribution in [1.29, 1.82) is 0 Å². The third kappa shape index (κ3) is 4.30. The van der Waals surface area contributed by atoms with Gasteiger partial charge in [0, 0.05) is 18.3 Å². The maximum Gasteiger partial charge on any atom is 0.292 e. The molecule has 0 aromatic heterocycles. The van der Waals surface area contributed by atoms with E-state index in [1.165, 1.54) is 6.07 Å². The van der Waals surface area contributed by atoms with Crippen molar-refractivity contribution >= 4 is 17.1 Å². The van der Waals surface area contributed by atoms with Gasteiger partial charge in [-0.3, -0.25) is 10.1 Å². The number of nitrogens with zero attached hydrogens (tertiary/aromatic N) is 1. The molecule has 5 heteroatoms. The van der Waals surface area contributed by atoms with Gasteiger partial charge in [-0.1, -0.05) is 20.8 Å². The molecule has 0 spiro atoms. The predicted molar refractivity (Wildman–Crippen MR) is 70.1 cm³/mol. The summed E-state index contributed by atoms with van der Waals surface area (Å²) in [5.41, 5.74) is 6.82. The second-order valence-electron chi connectivity index (χ2n) is 5.27. The highest BCUT2D eigenvalue weighted by molar-refractivity contribution is 5.65. The van der Waals surface area contributed by atoms with Gasteiger partial charge in [-0.2, -0.15) is 0 Å². The summed E-state index contributed by atoms with van der Waals surface area (Å²) in [6, 6.07) is 4.70. The number of nitrogens with two attached hydrogens (primary N) is 1. The maximum absolute atomic E-state index is 10.6. The van der Waals surface area contributed by atoms with Crippen molar-refractivity contribution in [3.05, 3.63) is 28.3 Å². The average Bonchev–Trinajstić information content (AvgIpc) is 2.15. The minimum absolute atomic E-state index is 0.0497. The smallest absolute Gasteiger partial charge is 0.292 e. The summed E-state index contributed by atoms with van der Waals surface area (Å²) in [5.74, 6) is 0. The second-order valence-corrected chi connectivity index (χ2v) is 5.27. The fourth-order valence-corrected chi connectivity index (χ4v) is 1.41. The highest BCUT2D eigenvalue weighted by Crippen LogP contribution is 2.25. The third-order valence-electron chi connectivity index (χ3n) is 2.43. The fourth-order valence-electron chi connectivity index (χ4n) is 1.41. The lowest BCUT2D eigenvalue weighted by Gasteiger charge is -2.18. The Morgan fingerprint density at radius 1 is 1.41 bits per heavy atom. The number of benzene rings is 1. The van der Waals surface area contributed by atoms with Crippen molar-refractivity contribution in [3.63, 3.8) is 0 Å². The first-order valence-electron chi connectivity index (χ1n) is 5.57. The van der Waals surface area contributed by atoms with Crippen molar-refractivity contribution in [2.75, 3.05) is 17.6 Å². The number of nitro groups is 1. The molecule has 0 aliphatic carbocycles. The van der Waals surface area contributed by atoms with Gasteiger partial charge in [0.2, 0.25) is 0 Å². The summed E-state index contributed by atoms with van der Waals surface area (Å²) in [4.78, 5) is 10.1. The fraction of sp³-hybridized carbons (Fsp3) is 0.500. The summed E-state index contributed by atoms with van der Waals surface area (Å²) < 4.78 is 0. The van der Waals surface area contributed by atoms with Crippen molar-refractivity contribution in [3.8, 4) is 0 Å². The van der Waals surface area contributed by atoms with E-state index < -0.39 is 4.92 Å². The van der Waals surface area contributed by atoms with Gasteiger partial charge < -0.3 is 11.1 Å². The van der Waals surface area contributed by atoms with Crippen LogP contribution in [0.3, 0.4) is 0 Å². The van der Waals surface area contributed by atoms with Gasteiger partial charge in [0.1, 0.15) is 5.69 Å². The molecule has 1 rings (SSSR count). The van der Waals surface area contributed by atoms with Gasteiger partial charge in [-0.05, 0) is 24.0 Å². The first-order valence-corrected chi connectivity index (χ1v) is 5.57. The molecule has 5 nitrogen and oxygen atoms in total. The molecule has 94 valence electrons. The second kappa shape index (κ2) is 5.03. The number of nitrogens with one attached hydrogen (secondary N) is 1. The molecule has 0 atom stereocenters. The Balaban J connectivity index is 2.62. The van der Waals surface area contributed by atoms with E-state index in [2.05, 4.69) is 26.1 Å². The van der Waals surface area contributed by atoms with Crippen LogP contribution < -0.4 is 11.1 Å². The number of nitrogen functional groups attached to an aromatic ring is 1. The highest BCUT2D eigenvalue weighted by Gasteiger charge is 2.12. The maximum atomic E-state index is 10.6. The Bertz CT molecular complexity index is 411. The number of hydrogen-bond donors (Lipinski definition) is 2. The van der Waals surface area contributed by atoms with Crippen LogP contribution >= 0.6 is 0 Å². The molecule has 1 aromatic carbocycles. The van der Waals surface area contributed by atoms with Gasteiger partial charge in [0.25, 0.3) is 5.69 Å². The minimum Gasteiger partial charge on any atom is -0.393 e. The van der Waals surface area contributed by atoms with Crippen molar-refractivity contribution in [1.82, 2.24) is 0 Å². The number of rotatable bonds is 4. The van der Waals surface area contributed by atoms with E-state index in [9.17, 15) is 10.1 Å². The normalized spacial score (nSPS) is 11.2. The van der Waals surface area contributed by atoms with Crippen LogP contribution in [-0.4, -0.2) is 11.5 Å². The quantitative estimate of drug-likeness (QED) is 0.479. The van der Waals surface area contributed by atoms with E-state index in [0.29, 0.717) is 0 Å². The lowest BCUT2D eigenvalue weighted by molar-refractivity contribution is -0.383. The lowest BCUT2D eigenvalue weighted by atomic mass is 9.92. The monoisotopic (exact) mass is 237 g/mol. The number of hydrogen-bond acceptors (Lipinski definition) is 4. The Morgan fingerprint density at radius 3 is 2.53 bits per heavy atom. The van der Waals surface area contributed by atoms with Crippen LogP contribution in [0.25, 0.3) is 0 Å². The largest absolute Gasteiger partial charge is 0.393 e. The number of nitro benzene ring substituents is 1. The van der Waals surface area contributed by atoms with Crippen molar-refractivity contribution in [2.45, 2.75) is 27.2 Å². The molecule has 0 heterocycles. The zero-order chi connectivity index (χ0) is 13.1. The van der Waals surface area contributed by atoms with Crippen LogP contribution in [0.2, 0.25) is 0 Å². The van der Waals surface area contributed by atoms with E-state index in [4.69, 9.17) is 5.73 Å². The van der Waals surface area contributed by atoms with Crippen LogP contribution in [0.5, 0.6) is 0 Å². The first-order chi connectivity index (χ1) is 7.79. The molecule has 0 saturated heterocycles. The summed E-state index contributed by atoms with van der Waals surface area (Å²) in [7, 11) is 0.